The number of nitrogens with one attached hydrogen (secondary N) is 1. The number of H-pyrrole nitrogens is 1. The molecule has 2 aromatic heterocycles. The highest BCUT2D eigenvalue weighted by molar-refractivity contribution is 5.80. The van der Waals surface area contributed by atoms with Crippen molar-refractivity contribution < 1.29 is 4.74 Å². The van der Waals surface area contributed by atoms with Gasteiger partial charge in [0.25, 0.3) is 0 Å². The second-order valence-corrected chi connectivity index (χ2v) is 6.91. The minimum Gasteiger partial charge on any atom is -0.457 e. The van der Waals surface area contributed by atoms with Crippen molar-refractivity contribution in [3.63, 3.8) is 0 Å². The SMILES string of the molecule is Cn1c(N2CCCC2)nc2cc(Oc3ccc(-c4ccn[nH]4)cc3)ccc21. The smallest absolute Gasteiger partial charge is 0.206 e. The molecular weight excluding hydrogens is 338 g/mol. The summed E-state index contributed by atoms with van der Waals surface area (Å²) in [6.07, 6.45) is 4.23. The summed E-state index contributed by atoms with van der Waals surface area (Å²) >= 11 is 0. The highest BCUT2D eigenvalue weighted by Crippen LogP contribution is 2.30. The standard InChI is InChI=1S/C21H21N5O/c1-25-20-9-8-17(14-19(20)23-21(25)26-12-2-3-13-26)27-16-6-4-15(5-7-16)18-10-11-22-24-18/h4-11,14H,2-3,12-13H2,1H3,(H,22,24). The van der Waals surface area contributed by atoms with Gasteiger partial charge in [-0.1, -0.05) is 0 Å². The van der Waals surface area contributed by atoms with Crippen molar-refractivity contribution in [2.75, 3.05) is 18.0 Å². The molecule has 6 nitrogen and oxygen atoms in total. The Morgan fingerprint density at radius 1 is 0.963 bits per heavy atom. The first-order valence-corrected chi connectivity index (χ1v) is 9.27. The van der Waals surface area contributed by atoms with Crippen LogP contribution < -0.4 is 9.64 Å². The van der Waals surface area contributed by atoms with E-state index in [-0.39, 0.29) is 0 Å². The first-order valence-electron chi connectivity index (χ1n) is 9.27. The predicted molar refractivity (Wildman–Crippen MR) is 106 cm³/mol. The summed E-state index contributed by atoms with van der Waals surface area (Å²) in [5.41, 5.74) is 4.16. The Bertz CT molecular complexity index is 1060. The molecule has 2 aromatic carbocycles. The fourth-order valence-electron chi connectivity index (χ4n) is 3.69. The summed E-state index contributed by atoms with van der Waals surface area (Å²) in [4.78, 5) is 7.20. The van der Waals surface area contributed by atoms with Gasteiger partial charge in [-0.3, -0.25) is 5.10 Å². The highest BCUT2D eigenvalue weighted by Gasteiger charge is 2.18. The zero-order valence-corrected chi connectivity index (χ0v) is 15.2. The molecule has 0 amide bonds. The number of nitrogens with zero attached hydrogens (tertiary/aromatic N) is 4. The average molecular weight is 359 g/mol. The molecule has 4 aromatic rings. The third-order valence-electron chi connectivity index (χ3n) is 5.12. The molecule has 1 aliphatic heterocycles. The summed E-state index contributed by atoms with van der Waals surface area (Å²) < 4.78 is 8.21. The van der Waals surface area contributed by atoms with E-state index in [0.717, 1.165) is 52.8 Å². The molecule has 3 heterocycles. The normalized spacial score (nSPS) is 14.2. The van der Waals surface area contributed by atoms with Crippen LogP contribution >= 0.6 is 0 Å². The molecule has 5 rings (SSSR count). The van der Waals surface area contributed by atoms with Crippen molar-refractivity contribution in [3.8, 4) is 22.8 Å². The lowest BCUT2D eigenvalue weighted by atomic mass is 10.1. The molecule has 0 atom stereocenters. The Labute approximate surface area is 157 Å². The van der Waals surface area contributed by atoms with E-state index in [0.29, 0.717) is 0 Å². The number of anilines is 1. The van der Waals surface area contributed by atoms with Crippen LogP contribution in [0.1, 0.15) is 12.8 Å². The quantitative estimate of drug-likeness (QED) is 0.588. The molecule has 136 valence electrons. The van der Waals surface area contributed by atoms with E-state index in [1.54, 1.807) is 6.20 Å². The summed E-state index contributed by atoms with van der Waals surface area (Å²) in [5, 5.41) is 6.95. The summed E-state index contributed by atoms with van der Waals surface area (Å²) in [7, 11) is 2.08. The van der Waals surface area contributed by atoms with Crippen LogP contribution in [0.2, 0.25) is 0 Å². The molecule has 0 aliphatic carbocycles. The molecule has 1 fully saturated rings. The van der Waals surface area contributed by atoms with Gasteiger partial charge in [0.05, 0.1) is 16.7 Å². The molecule has 1 N–H and O–H groups in total. The maximum atomic E-state index is 6.04. The van der Waals surface area contributed by atoms with Crippen molar-refractivity contribution in [1.82, 2.24) is 19.7 Å². The van der Waals surface area contributed by atoms with Crippen LogP contribution in [0.25, 0.3) is 22.3 Å². The third-order valence-corrected chi connectivity index (χ3v) is 5.12. The molecule has 0 radical (unpaired) electrons. The second kappa shape index (κ2) is 6.46. The van der Waals surface area contributed by atoms with Crippen molar-refractivity contribution in [2.45, 2.75) is 12.8 Å². The molecule has 0 unspecified atom stereocenters. The zero-order chi connectivity index (χ0) is 18.2. The molecular formula is C21H21N5O. The molecule has 0 bridgehead atoms. The highest BCUT2D eigenvalue weighted by atomic mass is 16.5. The van der Waals surface area contributed by atoms with Crippen molar-refractivity contribution >= 4 is 17.0 Å². The minimum absolute atomic E-state index is 0.794. The lowest BCUT2D eigenvalue weighted by molar-refractivity contribution is 0.483. The van der Waals surface area contributed by atoms with Gasteiger partial charge in [0.1, 0.15) is 11.5 Å². The molecule has 0 spiro atoms. The number of rotatable bonds is 4. The van der Waals surface area contributed by atoms with Gasteiger partial charge in [0.15, 0.2) is 0 Å². The molecule has 1 saturated heterocycles. The Hall–Kier alpha value is -3.28. The first kappa shape index (κ1) is 15.9. The Morgan fingerprint density at radius 2 is 1.74 bits per heavy atom. The average Bonchev–Trinajstić information content (AvgIpc) is 3.44. The van der Waals surface area contributed by atoms with Crippen LogP contribution in [-0.2, 0) is 7.05 Å². The number of aryl methyl sites for hydroxylation is 1. The summed E-state index contributed by atoms with van der Waals surface area (Å²) in [6, 6.07) is 16.0. The van der Waals surface area contributed by atoms with E-state index in [9.17, 15) is 0 Å². The van der Waals surface area contributed by atoms with Crippen LogP contribution in [-0.4, -0.2) is 32.8 Å². The first-order chi connectivity index (χ1) is 13.3. The summed E-state index contributed by atoms with van der Waals surface area (Å²) in [6.45, 7) is 2.17. The zero-order valence-electron chi connectivity index (χ0n) is 15.2. The van der Waals surface area contributed by atoms with E-state index < -0.39 is 0 Å². The molecule has 1 aliphatic rings. The van der Waals surface area contributed by atoms with Gasteiger partial charge in [-0.05, 0) is 60.9 Å². The third kappa shape index (κ3) is 2.93. The minimum atomic E-state index is 0.794. The van der Waals surface area contributed by atoms with E-state index in [1.807, 2.05) is 42.5 Å². The second-order valence-electron chi connectivity index (χ2n) is 6.91. The number of hydrogen-bond donors (Lipinski definition) is 1. The van der Waals surface area contributed by atoms with Gasteiger partial charge in [-0.15, -0.1) is 0 Å². The maximum Gasteiger partial charge on any atom is 0.206 e. The van der Waals surface area contributed by atoms with Crippen LogP contribution in [0.15, 0.2) is 54.7 Å². The van der Waals surface area contributed by atoms with Crippen LogP contribution in [0.4, 0.5) is 5.95 Å². The van der Waals surface area contributed by atoms with E-state index in [1.165, 1.54) is 12.8 Å². The number of benzene rings is 2. The number of fused-ring (bicyclic) bond motifs is 1. The maximum absolute atomic E-state index is 6.04. The predicted octanol–water partition coefficient (Wildman–Crippen LogP) is 4.36. The van der Waals surface area contributed by atoms with Gasteiger partial charge in [0.2, 0.25) is 5.95 Å². The Balaban J connectivity index is 1.40. The number of ether oxygens (including phenoxy) is 1. The van der Waals surface area contributed by atoms with Crippen molar-refractivity contribution in [3.05, 3.63) is 54.7 Å². The number of imidazole rings is 1. The van der Waals surface area contributed by atoms with Crippen molar-refractivity contribution in [2.24, 2.45) is 7.05 Å². The van der Waals surface area contributed by atoms with Crippen molar-refractivity contribution in [1.29, 1.82) is 0 Å². The Morgan fingerprint density at radius 3 is 2.48 bits per heavy atom. The van der Waals surface area contributed by atoms with Gasteiger partial charge in [0, 0.05) is 32.4 Å². The molecule has 27 heavy (non-hydrogen) atoms. The molecule has 6 heteroatoms. The monoisotopic (exact) mass is 359 g/mol. The number of aromatic nitrogens is 4. The fourth-order valence-corrected chi connectivity index (χ4v) is 3.69. The fraction of sp³-hybridized carbons (Fsp3) is 0.238. The van der Waals surface area contributed by atoms with Crippen LogP contribution in [0.5, 0.6) is 11.5 Å². The molecule has 0 saturated carbocycles. The van der Waals surface area contributed by atoms with Gasteiger partial charge >= 0.3 is 0 Å². The lowest BCUT2D eigenvalue weighted by Gasteiger charge is -2.15. The number of aromatic amines is 1. The van der Waals surface area contributed by atoms with Gasteiger partial charge in [-0.2, -0.15) is 5.10 Å². The van der Waals surface area contributed by atoms with E-state index >= 15 is 0 Å². The van der Waals surface area contributed by atoms with Crippen LogP contribution in [0.3, 0.4) is 0 Å². The van der Waals surface area contributed by atoms with Gasteiger partial charge < -0.3 is 14.2 Å². The lowest BCUT2D eigenvalue weighted by Crippen LogP contribution is -2.21. The number of hydrogen-bond acceptors (Lipinski definition) is 4. The van der Waals surface area contributed by atoms with E-state index in [2.05, 4.69) is 32.8 Å². The van der Waals surface area contributed by atoms with Crippen LogP contribution in [0, 0.1) is 0 Å². The largest absolute Gasteiger partial charge is 0.457 e. The topological polar surface area (TPSA) is 59.0 Å². The van der Waals surface area contributed by atoms with E-state index in [4.69, 9.17) is 9.72 Å². The summed E-state index contributed by atoms with van der Waals surface area (Å²) in [5.74, 6) is 2.64. The van der Waals surface area contributed by atoms with Gasteiger partial charge in [-0.25, -0.2) is 4.98 Å². The Kier molecular flexibility index (Phi) is 3.81.